The normalized spacial score (nSPS) is 12.5. The summed E-state index contributed by atoms with van der Waals surface area (Å²) in [5, 5.41) is 15.6. The van der Waals surface area contributed by atoms with Crippen molar-refractivity contribution in [2.45, 2.75) is 19.0 Å². The van der Waals surface area contributed by atoms with Crippen LogP contribution in [0.25, 0.3) is 0 Å². The van der Waals surface area contributed by atoms with Crippen molar-refractivity contribution in [3.63, 3.8) is 0 Å². The molecule has 3 aromatic rings. The topological polar surface area (TPSA) is 138 Å². The summed E-state index contributed by atoms with van der Waals surface area (Å²) in [5.41, 5.74) is 5.96. The van der Waals surface area contributed by atoms with Crippen molar-refractivity contribution in [1.82, 2.24) is 14.9 Å². The lowest BCUT2D eigenvalue weighted by Gasteiger charge is -2.09. The van der Waals surface area contributed by atoms with E-state index in [9.17, 15) is 4.79 Å². The third kappa shape index (κ3) is 5.12. The fourth-order valence-electron chi connectivity index (χ4n) is 2.99. The van der Waals surface area contributed by atoms with Crippen LogP contribution in [0.5, 0.6) is 17.2 Å². The first-order valence-corrected chi connectivity index (χ1v) is 10.9. The van der Waals surface area contributed by atoms with Crippen molar-refractivity contribution in [1.29, 1.82) is 0 Å². The quantitative estimate of drug-likeness (QED) is 0.197. The van der Waals surface area contributed by atoms with Crippen LogP contribution in [0, 0.1) is 6.92 Å². The van der Waals surface area contributed by atoms with Gasteiger partial charge in [0, 0.05) is 11.3 Å². The van der Waals surface area contributed by atoms with Gasteiger partial charge in [-0.2, -0.15) is 5.10 Å². The summed E-state index contributed by atoms with van der Waals surface area (Å²) in [6.07, 6.45) is 0. The van der Waals surface area contributed by atoms with Crippen molar-refractivity contribution in [2.24, 2.45) is 5.10 Å². The highest BCUT2D eigenvalue weighted by atomic mass is 32.2. The monoisotopic (exact) mass is 469 g/mol. The van der Waals surface area contributed by atoms with Crippen LogP contribution in [0.15, 0.2) is 46.7 Å². The van der Waals surface area contributed by atoms with Crippen LogP contribution >= 0.6 is 11.8 Å². The van der Waals surface area contributed by atoms with Gasteiger partial charge in [0.25, 0.3) is 5.95 Å². The number of rotatable bonds is 8. The maximum atomic E-state index is 12.3. The van der Waals surface area contributed by atoms with E-state index in [-0.39, 0.29) is 24.4 Å². The van der Waals surface area contributed by atoms with Crippen LogP contribution in [-0.2, 0) is 4.79 Å². The molecule has 11 nitrogen and oxygen atoms in total. The summed E-state index contributed by atoms with van der Waals surface area (Å²) < 4.78 is 17.1. The number of aryl methyl sites for hydroxylation is 1. The fraction of sp³-hybridized carbons (Fsp3) is 0.238. The molecule has 0 fully saturated rings. The Morgan fingerprint density at radius 3 is 2.85 bits per heavy atom. The average Bonchev–Trinajstić information content (AvgIpc) is 3.43. The molecule has 33 heavy (non-hydrogen) atoms. The first-order chi connectivity index (χ1) is 15.9. The Morgan fingerprint density at radius 2 is 2.06 bits per heavy atom. The summed E-state index contributed by atoms with van der Waals surface area (Å²) in [6, 6.07) is 11.0. The summed E-state index contributed by atoms with van der Waals surface area (Å²) in [6.45, 7) is 3.94. The molecular formula is C21H23N7O4S. The smallest absolute Gasteiger partial charge is 0.264 e. The Labute approximate surface area is 194 Å². The number of fused-ring (bicyclic) bond motifs is 1. The van der Waals surface area contributed by atoms with Crippen molar-refractivity contribution >= 4 is 35.0 Å². The third-order valence-electron chi connectivity index (χ3n) is 4.82. The van der Waals surface area contributed by atoms with Crippen molar-refractivity contribution in [3.8, 4) is 17.2 Å². The van der Waals surface area contributed by atoms with E-state index < -0.39 is 0 Å². The highest BCUT2D eigenvalue weighted by Crippen LogP contribution is 2.32. The Bertz CT molecular complexity index is 1210. The van der Waals surface area contributed by atoms with Crippen LogP contribution in [0.2, 0.25) is 0 Å². The van der Waals surface area contributed by atoms with Gasteiger partial charge in [-0.3, -0.25) is 4.79 Å². The number of carbonyl (C=O) groups is 1. The number of nitrogens with zero attached hydrogens (tertiary/aromatic N) is 4. The van der Waals surface area contributed by atoms with Crippen LogP contribution < -0.4 is 30.8 Å². The molecule has 2 heterocycles. The summed E-state index contributed by atoms with van der Waals surface area (Å²) in [4.78, 5) is 12.3. The molecule has 1 aliphatic rings. The predicted octanol–water partition coefficient (Wildman–Crippen LogP) is 2.60. The maximum Gasteiger partial charge on any atom is 0.264 e. The molecule has 4 N–H and O–H groups in total. The Balaban J connectivity index is 1.34. The number of hydrogen-bond acceptors (Lipinski definition) is 10. The zero-order valence-corrected chi connectivity index (χ0v) is 19.1. The van der Waals surface area contributed by atoms with Gasteiger partial charge in [0.15, 0.2) is 11.5 Å². The molecule has 0 aliphatic carbocycles. The van der Waals surface area contributed by atoms with E-state index in [0.29, 0.717) is 28.1 Å². The highest BCUT2D eigenvalue weighted by Gasteiger charge is 2.15. The van der Waals surface area contributed by atoms with E-state index in [1.165, 1.54) is 4.68 Å². The first kappa shape index (κ1) is 22.3. The molecule has 0 saturated carbocycles. The van der Waals surface area contributed by atoms with Gasteiger partial charge in [-0.1, -0.05) is 11.8 Å². The zero-order chi connectivity index (χ0) is 23.4. The number of methoxy groups -OCH3 is 1. The highest BCUT2D eigenvalue weighted by molar-refractivity contribution is 7.99. The molecule has 1 aliphatic heterocycles. The van der Waals surface area contributed by atoms with Crippen molar-refractivity contribution in [2.75, 3.05) is 36.2 Å². The van der Waals surface area contributed by atoms with Gasteiger partial charge in [0.05, 0.1) is 18.6 Å². The third-order valence-corrected chi connectivity index (χ3v) is 5.76. The first-order valence-electron chi connectivity index (χ1n) is 9.92. The number of hydrazone groups is 1. The largest absolute Gasteiger partial charge is 0.497 e. The number of thioether (sulfide) groups is 1. The molecule has 2 aromatic carbocycles. The molecule has 1 amide bonds. The zero-order valence-electron chi connectivity index (χ0n) is 18.3. The summed E-state index contributed by atoms with van der Waals surface area (Å²) >= 11 is 1.16. The van der Waals surface area contributed by atoms with E-state index in [4.69, 9.17) is 20.1 Å². The van der Waals surface area contributed by atoms with Gasteiger partial charge in [-0.15, -0.1) is 10.2 Å². The molecule has 0 radical (unpaired) electrons. The van der Waals surface area contributed by atoms with Gasteiger partial charge in [0.1, 0.15) is 5.75 Å². The average molecular weight is 470 g/mol. The van der Waals surface area contributed by atoms with E-state index in [1.807, 2.05) is 38.1 Å². The van der Waals surface area contributed by atoms with E-state index in [1.54, 1.807) is 19.2 Å². The minimum Gasteiger partial charge on any atom is -0.497 e. The van der Waals surface area contributed by atoms with Crippen LogP contribution in [0.3, 0.4) is 0 Å². The number of amides is 1. The second kappa shape index (κ2) is 9.69. The van der Waals surface area contributed by atoms with E-state index >= 15 is 0 Å². The molecule has 1 aromatic heterocycles. The number of anilines is 2. The van der Waals surface area contributed by atoms with Crippen LogP contribution in [-0.4, -0.2) is 46.1 Å². The second-order valence-electron chi connectivity index (χ2n) is 7.07. The molecule has 0 saturated heterocycles. The van der Waals surface area contributed by atoms with Gasteiger partial charge < -0.3 is 25.4 Å². The Hall–Kier alpha value is -3.93. The van der Waals surface area contributed by atoms with Crippen molar-refractivity contribution in [3.05, 3.63) is 47.5 Å². The Morgan fingerprint density at radius 1 is 1.24 bits per heavy atom. The number of nitrogen functional groups attached to an aromatic ring is 1. The number of benzene rings is 2. The van der Waals surface area contributed by atoms with E-state index in [2.05, 4.69) is 26.0 Å². The summed E-state index contributed by atoms with van der Waals surface area (Å²) in [5.74, 6) is 8.32. The molecule has 4 rings (SSSR count). The number of nitrogens with one attached hydrogen (secondary N) is 2. The number of nitrogens with two attached hydrogens (primary N) is 1. The van der Waals surface area contributed by atoms with Crippen LogP contribution in [0.1, 0.15) is 18.1 Å². The van der Waals surface area contributed by atoms with E-state index in [0.717, 1.165) is 28.6 Å². The van der Waals surface area contributed by atoms with Crippen LogP contribution in [0.4, 0.5) is 11.6 Å². The molecular weight excluding hydrogens is 446 g/mol. The number of ether oxygens (including phenoxy) is 3. The number of aromatic nitrogens is 3. The second-order valence-corrected chi connectivity index (χ2v) is 8.01. The molecule has 172 valence electrons. The molecule has 0 unspecified atom stereocenters. The lowest BCUT2D eigenvalue weighted by atomic mass is 10.1. The Kier molecular flexibility index (Phi) is 6.54. The molecule has 0 atom stereocenters. The van der Waals surface area contributed by atoms with Gasteiger partial charge in [-0.25, -0.2) is 10.1 Å². The predicted molar refractivity (Wildman–Crippen MR) is 126 cm³/mol. The van der Waals surface area contributed by atoms with Crippen molar-refractivity contribution < 1.29 is 19.0 Å². The fourth-order valence-corrected chi connectivity index (χ4v) is 3.65. The lowest BCUT2D eigenvalue weighted by molar-refractivity contribution is -0.113. The molecule has 0 spiro atoms. The SMILES string of the molecule is COc1ccc(NC(=O)CSc2nnc(N/N=C(\C)c3ccc4c(c3)OCO4)n2N)c(C)c1. The van der Waals surface area contributed by atoms with Gasteiger partial charge in [0.2, 0.25) is 17.9 Å². The standard InChI is InChI=1S/C21H23N7O4S/c1-12-8-15(30-3)5-6-16(12)23-19(29)10-33-21-27-26-20(28(21)22)25-24-13(2)14-4-7-17-18(9-14)32-11-31-17/h4-9H,10-11,22H2,1-3H3,(H,23,29)(H,25,26)/b24-13+. The maximum absolute atomic E-state index is 12.3. The summed E-state index contributed by atoms with van der Waals surface area (Å²) in [7, 11) is 1.60. The van der Waals surface area contributed by atoms with Gasteiger partial charge in [-0.05, 0) is 55.8 Å². The van der Waals surface area contributed by atoms with Gasteiger partial charge >= 0.3 is 0 Å². The lowest BCUT2D eigenvalue weighted by Crippen LogP contribution is -2.17. The number of carbonyl (C=O) groups excluding carboxylic acids is 1. The molecule has 0 bridgehead atoms. The minimum absolute atomic E-state index is 0.111. The molecule has 12 heteroatoms. The minimum atomic E-state index is -0.192. The number of hydrogen-bond donors (Lipinski definition) is 3.